The summed E-state index contributed by atoms with van der Waals surface area (Å²) in [6.07, 6.45) is 5.60. The number of benzene rings is 1. The number of hydrogen-bond acceptors (Lipinski definition) is 5. The Morgan fingerprint density at radius 3 is 2.31 bits per heavy atom. The lowest BCUT2D eigenvalue weighted by Gasteiger charge is -2.34. The van der Waals surface area contributed by atoms with Crippen molar-refractivity contribution in [3.8, 4) is 0 Å². The van der Waals surface area contributed by atoms with Gasteiger partial charge in [0.1, 0.15) is 0 Å². The molecule has 2 aromatic rings. The fourth-order valence-corrected chi connectivity index (χ4v) is 3.66. The lowest BCUT2D eigenvalue weighted by Crippen LogP contribution is -2.44. The molecule has 0 radical (unpaired) electrons. The Labute approximate surface area is 174 Å². The molecule has 1 aliphatic heterocycles. The lowest BCUT2D eigenvalue weighted by molar-refractivity contribution is 0.102. The first kappa shape index (κ1) is 21.1. The number of carbonyl (C=O) groups is 1. The predicted molar refractivity (Wildman–Crippen MR) is 121 cm³/mol. The van der Waals surface area contributed by atoms with Crippen LogP contribution in [0.3, 0.4) is 0 Å². The van der Waals surface area contributed by atoms with Crippen LogP contribution in [0.4, 0.5) is 17.1 Å². The summed E-state index contributed by atoms with van der Waals surface area (Å²) in [5.74, 6) is -0.125. The van der Waals surface area contributed by atoms with E-state index in [0.717, 1.165) is 63.5 Å². The number of amides is 1. The molecule has 1 saturated heterocycles. The molecule has 29 heavy (non-hydrogen) atoms. The van der Waals surface area contributed by atoms with E-state index in [2.05, 4.69) is 58.0 Å². The summed E-state index contributed by atoms with van der Waals surface area (Å²) in [6.45, 7) is 10.5. The Morgan fingerprint density at radius 2 is 1.69 bits per heavy atom. The topological polar surface area (TPSA) is 51.7 Å². The number of piperazine rings is 1. The quantitative estimate of drug-likeness (QED) is 0.738. The van der Waals surface area contributed by atoms with Gasteiger partial charge in [0.05, 0.1) is 17.4 Å². The molecule has 2 heterocycles. The molecule has 1 aliphatic rings. The van der Waals surface area contributed by atoms with Gasteiger partial charge in [-0.2, -0.15) is 0 Å². The van der Waals surface area contributed by atoms with Gasteiger partial charge >= 0.3 is 0 Å². The van der Waals surface area contributed by atoms with Crippen molar-refractivity contribution in [3.05, 3.63) is 48.3 Å². The van der Waals surface area contributed by atoms with Crippen molar-refractivity contribution < 1.29 is 4.79 Å². The summed E-state index contributed by atoms with van der Waals surface area (Å²) in [7, 11) is 2.16. The third kappa shape index (κ3) is 5.70. The maximum absolute atomic E-state index is 12.7. The van der Waals surface area contributed by atoms with E-state index in [4.69, 9.17) is 0 Å². The molecule has 0 bridgehead atoms. The van der Waals surface area contributed by atoms with Gasteiger partial charge in [-0.15, -0.1) is 0 Å². The molecule has 3 rings (SSSR count). The summed E-state index contributed by atoms with van der Waals surface area (Å²) < 4.78 is 0. The van der Waals surface area contributed by atoms with Crippen molar-refractivity contribution in [3.63, 3.8) is 0 Å². The van der Waals surface area contributed by atoms with E-state index in [0.29, 0.717) is 5.56 Å². The van der Waals surface area contributed by atoms with Crippen molar-refractivity contribution in [2.75, 3.05) is 61.4 Å². The number of hydrogen-bond donors (Lipinski definition) is 1. The number of carbonyl (C=O) groups excluding carboxylic acids is 1. The summed E-state index contributed by atoms with van der Waals surface area (Å²) >= 11 is 0. The highest BCUT2D eigenvalue weighted by Crippen LogP contribution is 2.21. The standard InChI is InChI=1S/C23H33N5O/c1-4-10-27(11-5-2)22-16-19(17-24-18-22)23(29)25-20-6-8-21(9-7-20)28-14-12-26(3)13-15-28/h6-9,16-18H,4-5,10-15H2,1-3H3,(H,25,29). The lowest BCUT2D eigenvalue weighted by atomic mass is 10.2. The number of likely N-dealkylation sites (N-methyl/N-ethyl adjacent to an activating group) is 1. The van der Waals surface area contributed by atoms with Crippen LogP contribution in [-0.4, -0.2) is 62.1 Å². The van der Waals surface area contributed by atoms with E-state index in [9.17, 15) is 4.79 Å². The van der Waals surface area contributed by atoms with Crippen LogP contribution in [0.15, 0.2) is 42.7 Å². The average molecular weight is 396 g/mol. The second-order valence-electron chi connectivity index (χ2n) is 7.71. The van der Waals surface area contributed by atoms with Crippen LogP contribution < -0.4 is 15.1 Å². The first-order chi connectivity index (χ1) is 14.1. The van der Waals surface area contributed by atoms with Crippen molar-refractivity contribution >= 4 is 23.0 Å². The average Bonchev–Trinajstić information content (AvgIpc) is 2.75. The second kappa shape index (κ2) is 10.3. The van der Waals surface area contributed by atoms with Gasteiger partial charge in [-0.3, -0.25) is 9.78 Å². The first-order valence-electron chi connectivity index (χ1n) is 10.7. The Balaban J connectivity index is 1.64. The van der Waals surface area contributed by atoms with E-state index >= 15 is 0 Å². The van der Waals surface area contributed by atoms with Crippen LogP contribution in [0, 0.1) is 0 Å². The minimum Gasteiger partial charge on any atom is -0.370 e. The Morgan fingerprint density at radius 1 is 1.03 bits per heavy atom. The molecule has 0 saturated carbocycles. The number of anilines is 3. The molecule has 0 unspecified atom stereocenters. The van der Waals surface area contributed by atoms with Gasteiger partial charge in [-0.1, -0.05) is 13.8 Å². The van der Waals surface area contributed by atoms with Gasteiger partial charge in [-0.25, -0.2) is 0 Å². The highest BCUT2D eigenvalue weighted by Gasteiger charge is 2.15. The Kier molecular flexibility index (Phi) is 7.47. The Hall–Kier alpha value is -2.60. The van der Waals surface area contributed by atoms with Crippen LogP contribution >= 0.6 is 0 Å². The van der Waals surface area contributed by atoms with E-state index in [1.54, 1.807) is 6.20 Å². The summed E-state index contributed by atoms with van der Waals surface area (Å²) in [5.41, 5.74) is 3.60. The molecule has 1 fully saturated rings. The second-order valence-corrected chi connectivity index (χ2v) is 7.71. The molecule has 6 nitrogen and oxygen atoms in total. The number of aromatic nitrogens is 1. The van der Waals surface area contributed by atoms with Crippen molar-refractivity contribution in [1.82, 2.24) is 9.88 Å². The fourth-order valence-electron chi connectivity index (χ4n) is 3.66. The van der Waals surface area contributed by atoms with Gasteiger partial charge in [-0.05, 0) is 50.2 Å². The summed E-state index contributed by atoms with van der Waals surface area (Å²) in [6, 6.07) is 10.1. The van der Waals surface area contributed by atoms with E-state index in [-0.39, 0.29) is 5.91 Å². The van der Waals surface area contributed by atoms with Crippen LogP contribution in [0.2, 0.25) is 0 Å². The molecular weight excluding hydrogens is 362 g/mol. The highest BCUT2D eigenvalue weighted by atomic mass is 16.1. The van der Waals surface area contributed by atoms with Gasteiger partial charge < -0.3 is 20.0 Å². The number of pyridine rings is 1. The van der Waals surface area contributed by atoms with E-state index in [1.165, 1.54) is 5.69 Å². The molecule has 6 heteroatoms. The van der Waals surface area contributed by atoms with E-state index < -0.39 is 0 Å². The molecule has 0 spiro atoms. The predicted octanol–water partition coefficient (Wildman–Crippen LogP) is 3.71. The van der Waals surface area contributed by atoms with Gasteiger partial charge in [0.15, 0.2) is 0 Å². The molecule has 0 atom stereocenters. The van der Waals surface area contributed by atoms with Crippen LogP contribution in [-0.2, 0) is 0 Å². The maximum Gasteiger partial charge on any atom is 0.257 e. The third-order valence-electron chi connectivity index (χ3n) is 5.33. The molecule has 1 N–H and O–H groups in total. The van der Waals surface area contributed by atoms with Crippen molar-refractivity contribution in [1.29, 1.82) is 0 Å². The zero-order chi connectivity index (χ0) is 20.6. The molecule has 0 aliphatic carbocycles. The summed E-state index contributed by atoms with van der Waals surface area (Å²) in [4.78, 5) is 24.1. The van der Waals surface area contributed by atoms with Crippen LogP contribution in [0.1, 0.15) is 37.0 Å². The largest absolute Gasteiger partial charge is 0.370 e. The zero-order valence-corrected chi connectivity index (χ0v) is 17.9. The normalized spacial score (nSPS) is 14.7. The van der Waals surface area contributed by atoms with Gasteiger partial charge in [0, 0.05) is 56.8 Å². The number of nitrogens with one attached hydrogen (secondary N) is 1. The maximum atomic E-state index is 12.7. The minimum atomic E-state index is -0.125. The minimum absolute atomic E-state index is 0.125. The number of rotatable bonds is 8. The summed E-state index contributed by atoms with van der Waals surface area (Å²) in [5, 5.41) is 3.00. The SMILES string of the molecule is CCCN(CCC)c1cncc(C(=O)Nc2ccc(N3CCN(C)CC3)cc2)c1. The molecule has 156 valence electrons. The van der Waals surface area contributed by atoms with Gasteiger partial charge in [0.2, 0.25) is 0 Å². The molecule has 1 amide bonds. The third-order valence-corrected chi connectivity index (χ3v) is 5.33. The first-order valence-corrected chi connectivity index (χ1v) is 10.7. The monoisotopic (exact) mass is 395 g/mol. The number of nitrogens with zero attached hydrogens (tertiary/aromatic N) is 4. The molecular formula is C23H33N5O. The fraction of sp³-hybridized carbons (Fsp3) is 0.478. The Bertz CT molecular complexity index is 778. The molecule has 1 aromatic heterocycles. The highest BCUT2D eigenvalue weighted by molar-refractivity contribution is 6.04. The smallest absolute Gasteiger partial charge is 0.257 e. The van der Waals surface area contributed by atoms with Crippen molar-refractivity contribution in [2.45, 2.75) is 26.7 Å². The zero-order valence-electron chi connectivity index (χ0n) is 17.9. The van der Waals surface area contributed by atoms with Crippen LogP contribution in [0.25, 0.3) is 0 Å². The van der Waals surface area contributed by atoms with Crippen LogP contribution in [0.5, 0.6) is 0 Å². The van der Waals surface area contributed by atoms with Gasteiger partial charge in [0.25, 0.3) is 5.91 Å². The van der Waals surface area contributed by atoms with Crippen molar-refractivity contribution in [2.24, 2.45) is 0 Å². The van der Waals surface area contributed by atoms with E-state index in [1.807, 2.05) is 24.4 Å². The molecule has 1 aromatic carbocycles.